The Labute approximate surface area is 171 Å². The molecule has 0 saturated carbocycles. The molecule has 3 heterocycles. The van der Waals surface area contributed by atoms with E-state index >= 15 is 0 Å². The van der Waals surface area contributed by atoms with Gasteiger partial charge < -0.3 is 13.9 Å². The lowest BCUT2D eigenvalue weighted by atomic mass is 10.2. The highest BCUT2D eigenvalue weighted by Gasteiger charge is 2.27. The first-order chi connectivity index (χ1) is 13.5. The van der Waals surface area contributed by atoms with Gasteiger partial charge in [0.15, 0.2) is 4.77 Å². The number of aryl methyl sites for hydroxylation is 1. The first kappa shape index (κ1) is 20.0. The van der Waals surface area contributed by atoms with Gasteiger partial charge in [-0.15, -0.1) is 0 Å². The van der Waals surface area contributed by atoms with Crippen LogP contribution in [0.2, 0.25) is 0 Å². The van der Waals surface area contributed by atoms with Gasteiger partial charge in [0.05, 0.1) is 35.8 Å². The van der Waals surface area contributed by atoms with Crippen LogP contribution < -0.4 is 0 Å². The SMILES string of the molecule is CCn1c(=S)n(CN2CCOCC2)c2cc(S(=O)(=O)N3CCCCC3)ccc21. The molecule has 0 atom stereocenters. The lowest BCUT2D eigenvalue weighted by Crippen LogP contribution is -2.37. The molecule has 1 aromatic carbocycles. The van der Waals surface area contributed by atoms with Crippen LogP contribution in [0.4, 0.5) is 0 Å². The van der Waals surface area contributed by atoms with Crippen LogP contribution in [0.5, 0.6) is 0 Å². The number of rotatable bonds is 5. The van der Waals surface area contributed by atoms with Crippen molar-refractivity contribution in [2.45, 2.75) is 44.3 Å². The molecule has 0 unspecified atom stereocenters. The van der Waals surface area contributed by atoms with E-state index in [9.17, 15) is 8.42 Å². The summed E-state index contributed by atoms with van der Waals surface area (Å²) in [6.45, 7) is 7.82. The van der Waals surface area contributed by atoms with Crippen molar-refractivity contribution in [1.82, 2.24) is 18.3 Å². The van der Waals surface area contributed by atoms with Crippen molar-refractivity contribution in [3.8, 4) is 0 Å². The highest BCUT2D eigenvalue weighted by atomic mass is 32.2. The zero-order valence-electron chi connectivity index (χ0n) is 16.3. The standard InChI is InChI=1S/C19H28N4O3S2/c1-2-22-17-7-6-16(28(24,25)21-8-4-3-5-9-21)14-18(17)23(19(22)27)15-20-10-12-26-13-11-20/h6-7,14H,2-5,8-13,15H2,1H3. The molecule has 0 N–H and O–H groups in total. The van der Waals surface area contributed by atoms with Crippen LogP contribution in [0, 0.1) is 4.77 Å². The maximum Gasteiger partial charge on any atom is 0.243 e. The fourth-order valence-corrected chi connectivity index (χ4v) is 6.02. The molecule has 28 heavy (non-hydrogen) atoms. The first-order valence-electron chi connectivity index (χ1n) is 10.1. The summed E-state index contributed by atoms with van der Waals surface area (Å²) in [6.07, 6.45) is 2.96. The average Bonchev–Trinajstić information content (AvgIpc) is 2.99. The third-order valence-corrected chi connectivity index (χ3v) is 8.04. The van der Waals surface area contributed by atoms with Gasteiger partial charge in [-0.25, -0.2) is 8.42 Å². The molecule has 2 aromatic rings. The van der Waals surface area contributed by atoms with Crippen LogP contribution in [0.25, 0.3) is 11.0 Å². The summed E-state index contributed by atoms with van der Waals surface area (Å²) in [5.74, 6) is 0. The number of benzene rings is 1. The molecule has 7 nitrogen and oxygen atoms in total. The van der Waals surface area contributed by atoms with Crippen molar-refractivity contribution in [1.29, 1.82) is 0 Å². The van der Waals surface area contributed by atoms with E-state index in [1.165, 1.54) is 0 Å². The average molecular weight is 425 g/mol. The zero-order valence-corrected chi connectivity index (χ0v) is 18.0. The predicted molar refractivity (Wildman–Crippen MR) is 111 cm³/mol. The third kappa shape index (κ3) is 3.66. The minimum Gasteiger partial charge on any atom is -0.379 e. The Kier molecular flexibility index (Phi) is 5.89. The Hall–Kier alpha value is -1.26. The summed E-state index contributed by atoms with van der Waals surface area (Å²) in [4.78, 5) is 2.66. The summed E-state index contributed by atoms with van der Waals surface area (Å²) >= 11 is 5.73. The minimum atomic E-state index is -3.47. The third-order valence-electron chi connectivity index (χ3n) is 5.70. The fraction of sp³-hybridized carbons (Fsp3) is 0.632. The summed E-state index contributed by atoms with van der Waals surface area (Å²) < 4.78 is 38.2. The van der Waals surface area contributed by atoms with Crippen LogP contribution >= 0.6 is 12.2 Å². The van der Waals surface area contributed by atoms with Gasteiger partial charge >= 0.3 is 0 Å². The summed E-state index contributed by atoms with van der Waals surface area (Å²) in [5, 5.41) is 0. The Balaban J connectivity index is 1.76. The summed E-state index contributed by atoms with van der Waals surface area (Å²) in [7, 11) is -3.47. The van der Waals surface area contributed by atoms with Crippen molar-refractivity contribution in [2.24, 2.45) is 0 Å². The zero-order chi connectivity index (χ0) is 19.7. The maximum absolute atomic E-state index is 13.2. The van der Waals surface area contributed by atoms with E-state index in [-0.39, 0.29) is 0 Å². The van der Waals surface area contributed by atoms with Crippen molar-refractivity contribution in [3.63, 3.8) is 0 Å². The number of piperidine rings is 1. The highest BCUT2D eigenvalue weighted by Crippen LogP contribution is 2.26. The van der Waals surface area contributed by atoms with Crippen LogP contribution in [-0.2, 0) is 28.0 Å². The van der Waals surface area contributed by atoms with Crippen LogP contribution in [-0.4, -0.2) is 66.1 Å². The second-order valence-corrected chi connectivity index (χ2v) is 9.75. The quantitative estimate of drug-likeness (QED) is 0.691. The van der Waals surface area contributed by atoms with Gasteiger partial charge in [0.25, 0.3) is 0 Å². The Morgan fingerprint density at radius 2 is 1.71 bits per heavy atom. The van der Waals surface area contributed by atoms with Gasteiger partial charge in [-0.1, -0.05) is 6.42 Å². The van der Waals surface area contributed by atoms with Crippen LogP contribution in [0.15, 0.2) is 23.1 Å². The molecule has 0 spiro atoms. The normalized spacial score (nSPS) is 20.0. The molecule has 1 aromatic heterocycles. The number of nitrogens with zero attached hydrogens (tertiary/aromatic N) is 4. The van der Waals surface area contributed by atoms with E-state index in [1.54, 1.807) is 10.4 Å². The van der Waals surface area contributed by atoms with E-state index < -0.39 is 10.0 Å². The Bertz CT molecular complexity index is 1000. The topological polar surface area (TPSA) is 59.7 Å². The molecule has 0 aliphatic carbocycles. The maximum atomic E-state index is 13.2. The lowest BCUT2D eigenvalue weighted by Gasteiger charge is -2.27. The Morgan fingerprint density at radius 1 is 1.00 bits per heavy atom. The number of morpholine rings is 1. The van der Waals surface area contributed by atoms with Gasteiger partial charge in [-0.2, -0.15) is 4.31 Å². The van der Waals surface area contributed by atoms with Crippen LogP contribution in [0.1, 0.15) is 26.2 Å². The predicted octanol–water partition coefficient (Wildman–Crippen LogP) is 2.66. The number of hydrogen-bond acceptors (Lipinski definition) is 5. The molecular formula is C19H28N4O3S2. The number of imidazole rings is 1. The number of sulfonamides is 1. The van der Waals surface area contributed by atoms with E-state index in [0.29, 0.717) is 37.9 Å². The van der Waals surface area contributed by atoms with Crippen molar-refractivity contribution in [2.75, 3.05) is 39.4 Å². The van der Waals surface area contributed by atoms with Crippen LogP contribution in [0.3, 0.4) is 0 Å². The molecule has 2 aliphatic rings. The summed E-state index contributed by atoms with van der Waals surface area (Å²) in [5.41, 5.74) is 1.87. The van der Waals surface area contributed by atoms with Crippen molar-refractivity contribution < 1.29 is 13.2 Å². The van der Waals surface area contributed by atoms with Gasteiger partial charge in [0.1, 0.15) is 0 Å². The van der Waals surface area contributed by atoms with Gasteiger partial charge in [-0.05, 0) is 50.2 Å². The minimum absolute atomic E-state index is 0.362. The van der Waals surface area contributed by atoms with E-state index in [0.717, 1.165) is 54.7 Å². The largest absolute Gasteiger partial charge is 0.379 e. The molecule has 0 radical (unpaired) electrons. The summed E-state index contributed by atoms with van der Waals surface area (Å²) in [6, 6.07) is 5.44. The smallest absolute Gasteiger partial charge is 0.243 e. The van der Waals surface area contributed by atoms with Gasteiger partial charge in [0, 0.05) is 32.7 Å². The van der Waals surface area contributed by atoms with Gasteiger partial charge in [0.2, 0.25) is 10.0 Å². The van der Waals surface area contributed by atoms with Gasteiger partial charge in [-0.3, -0.25) is 4.90 Å². The number of aromatic nitrogens is 2. The molecule has 2 saturated heterocycles. The second kappa shape index (κ2) is 8.23. The monoisotopic (exact) mass is 424 g/mol. The molecule has 4 rings (SSSR count). The molecule has 0 amide bonds. The van der Waals surface area contributed by atoms with Crippen molar-refractivity contribution in [3.05, 3.63) is 23.0 Å². The first-order valence-corrected chi connectivity index (χ1v) is 11.9. The molecule has 0 bridgehead atoms. The molecular weight excluding hydrogens is 396 g/mol. The molecule has 154 valence electrons. The number of hydrogen-bond donors (Lipinski definition) is 0. The lowest BCUT2D eigenvalue weighted by molar-refractivity contribution is 0.0238. The Morgan fingerprint density at radius 3 is 2.39 bits per heavy atom. The molecule has 2 fully saturated rings. The fourth-order valence-electron chi connectivity index (χ4n) is 4.10. The van der Waals surface area contributed by atoms with Crippen molar-refractivity contribution >= 4 is 33.3 Å². The molecule has 2 aliphatic heterocycles. The van der Waals surface area contributed by atoms with E-state index in [1.807, 2.05) is 12.1 Å². The highest BCUT2D eigenvalue weighted by molar-refractivity contribution is 7.89. The number of fused-ring (bicyclic) bond motifs is 1. The van der Waals surface area contributed by atoms with E-state index in [4.69, 9.17) is 17.0 Å². The van der Waals surface area contributed by atoms with E-state index in [2.05, 4.69) is 21.0 Å². The second-order valence-electron chi connectivity index (χ2n) is 7.44. The molecule has 9 heteroatoms. The number of ether oxygens (including phenoxy) is 1.